The van der Waals surface area contributed by atoms with Crippen molar-refractivity contribution >= 4 is 39.8 Å². The zero-order valence-corrected chi connectivity index (χ0v) is 13.8. The first-order chi connectivity index (χ1) is 11.3. The molecule has 0 fully saturated rings. The Hall–Kier alpha value is -2.06. The van der Waals surface area contributed by atoms with Crippen LogP contribution in [0.2, 0.25) is 0 Å². The number of hydrogen-bond acceptors (Lipinski definition) is 4. The van der Waals surface area contributed by atoms with Crippen molar-refractivity contribution in [2.24, 2.45) is 0 Å². The third kappa shape index (κ3) is 4.07. The van der Waals surface area contributed by atoms with Crippen LogP contribution < -0.4 is 5.32 Å². The maximum atomic E-state index is 12.6. The number of anilines is 1. The number of carbonyl (C=O) groups is 2. The van der Waals surface area contributed by atoms with E-state index in [-0.39, 0.29) is 16.4 Å². The number of thiophene rings is 1. The van der Waals surface area contributed by atoms with Gasteiger partial charge in [0, 0.05) is 4.88 Å². The Morgan fingerprint density at radius 3 is 2.38 bits per heavy atom. The van der Waals surface area contributed by atoms with E-state index >= 15 is 0 Å². The summed E-state index contributed by atoms with van der Waals surface area (Å²) in [6.45, 7) is 0. The second kappa shape index (κ2) is 7.23. The molecule has 0 saturated heterocycles. The van der Waals surface area contributed by atoms with Gasteiger partial charge in [0.05, 0.1) is 18.2 Å². The van der Waals surface area contributed by atoms with E-state index in [1.54, 1.807) is 0 Å². The quantitative estimate of drug-likeness (QED) is 0.634. The number of alkyl halides is 4. The molecule has 1 aromatic carbocycles. The minimum absolute atomic E-state index is 0.107. The second-order valence-electron chi connectivity index (χ2n) is 4.60. The van der Waals surface area contributed by atoms with Gasteiger partial charge in [-0.3, -0.25) is 4.79 Å². The van der Waals surface area contributed by atoms with E-state index in [4.69, 9.17) is 11.6 Å². The van der Waals surface area contributed by atoms with Crippen LogP contribution in [0.25, 0.3) is 10.4 Å². The van der Waals surface area contributed by atoms with Crippen molar-refractivity contribution in [2.45, 2.75) is 6.18 Å². The van der Waals surface area contributed by atoms with Gasteiger partial charge in [-0.05, 0) is 23.8 Å². The van der Waals surface area contributed by atoms with E-state index < -0.39 is 23.6 Å². The Morgan fingerprint density at radius 1 is 1.25 bits per heavy atom. The van der Waals surface area contributed by atoms with Crippen LogP contribution in [0.15, 0.2) is 30.3 Å². The Kier molecular flexibility index (Phi) is 5.51. The van der Waals surface area contributed by atoms with Crippen molar-refractivity contribution in [2.75, 3.05) is 18.3 Å². The van der Waals surface area contributed by atoms with Crippen LogP contribution >= 0.6 is 22.9 Å². The van der Waals surface area contributed by atoms with E-state index in [2.05, 4.69) is 10.1 Å². The lowest BCUT2D eigenvalue weighted by Crippen LogP contribution is -2.14. The van der Waals surface area contributed by atoms with E-state index in [9.17, 15) is 22.8 Å². The standard InChI is InChI=1S/C15H11ClF3NO3S/c1-23-14(22)10-6-11(24-13(10)20-12(21)7-16)8-2-4-9(5-3-8)15(17,18)19/h2-6H,7H2,1H3,(H,20,21). The van der Waals surface area contributed by atoms with Gasteiger partial charge in [-0.25, -0.2) is 4.79 Å². The van der Waals surface area contributed by atoms with Gasteiger partial charge in [0.1, 0.15) is 10.9 Å². The minimum atomic E-state index is -4.43. The van der Waals surface area contributed by atoms with Crippen molar-refractivity contribution in [3.63, 3.8) is 0 Å². The van der Waals surface area contributed by atoms with Gasteiger partial charge in [-0.2, -0.15) is 13.2 Å². The molecular weight excluding hydrogens is 367 g/mol. The van der Waals surface area contributed by atoms with Crippen molar-refractivity contribution < 1.29 is 27.5 Å². The summed E-state index contributed by atoms with van der Waals surface area (Å²) in [5, 5.41) is 2.69. The summed E-state index contributed by atoms with van der Waals surface area (Å²) in [4.78, 5) is 23.7. The van der Waals surface area contributed by atoms with Gasteiger partial charge in [0.15, 0.2) is 0 Å². The number of esters is 1. The van der Waals surface area contributed by atoms with Crippen LogP contribution in [0, 0.1) is 0 Å². The van der Waals surface area contributed by atoms with Crippen LogP contribution in [0.4, 0.5) is 18.2 Å². The second-order valence-corrected chi connectivity index (χ2v) is 5.92. The van der Waals surface area contributed by atoms with E-state index in [0.717, 1.165) is 23.5 Å². The van der Waals surface area contributed by atoms with Crippen molar-refractivity contribution in [1.29, 1.82) is 0 Å². The molecule has 0 atom stereocenters. The third-order valence-electron chi connectivity index (χ3n) is 3.01. The fourth-order valence-corrected chi connectivity index (χ4v) is 3.01. The number of halogens is 4. The number of rotatable bonds is 4. The van der Waals surface area contributed by atoms with Gasteiger partial charge in [-0.15, -0.1) is 22.9 Å². The molecule has 0 aliphatic heterocycles. The topological polar surface area (TPSA) is 55.4 Å². The summed E-state index contributed by atoms with van der Waals surface area (Å²) >= 11 is 6.46. The maximum absolute atomic E-state index is 12.6. The Morgan fingerprint density at radius 2 is 1.88 bits per heavy atom. The predicted molar refractivity (Wildman–Crippen MR) is 85.4 cm³/mol. The predicted octanol–water partition coefficient (Wildman–Crippen LogP) is 4.40. The lowest BCUT2D eigenvalue weighted by molar-refractivity contribution is -0.137. The highest BCUT2D eigenvalue weighted by Crippen LogP contribution is 2.37. The zero-order chi connectivity index (χ0) is 17.9. The molecule has 24 heavy (non-hydrogen) atoms. The summed E-state index contributed by atoms with van der Waals surface area (Å²) in [5.41, 5.74) is -0.188. The summed E-state index contributed by atoms with van der Waals surface area (Å²) in [6, 6.07) is 5.93. The highest BCUT2D eigenvalue weighted by Gasteiger charge is 2.30. The number of hydrogen-bond donors (Lipinski definition) is 1. The van der Waals surface area contributed by atoms with Crippen LogP contribution in [-0.2, 0) is 15.7 Å². The fourth-order valence-electron chi connectivity index (χ4n) is 1.87. The molecule has 0 saturated carbocycles. The molecule has 9 heteroatoms. The highest BCUT2D eigenvalue weighted by atomic mass is 35.5. The molecule has 0 radical (unpaired) electrons. The molecule has 1 amide bonds. The van der Waals surface area contributed by atoms with E-state index in [1.807, 2.05) is 0 Å². The van der Waals surface area contributed by atoms with E-state index in [1.165, 1.54) is 25.3 Å². The average Bonchev–Trinajstić information content (AvgIpc) is 2.97. The summed E-state index contributed by atoms with van der Waals surface area (Å²) in [5.74, 6) is -1.48. The van der Waals surface area contributed by atoms with Crippen LogP contribution in [-0.4, -0.2) is 24.9 Å². The Bertz CT molecular complexity index is 756. The van der Waals surface area contributed by atoms with Crippen LogP contribution in [0.3, 0.4) is 0 Å². The first-order valence-corrected chi connectivity index (χ1v) is 7.87. The highest BCUT2D eigenvalue weighted by molar-refractivity contribution is 7.20. The van der Waals surface area contributed by atoms with Crippen LogP contribution in [0.5, 0.6) is 0 Å². The number of methoxy groups -OCH3 is 1. The van der Waals surface area contributed by atoms with Gasteiger partial charge in [0.25, 0.3) is 0 Å². The molecule has 2 rings (SSSR count). The third-order valence-corrected chi connectivity index (χ3v) is 4.35. The van der Waals surface area contributed by atoms with Gasteiger partial charge in [-0.1, -0.05) is 12.1 Å². The molecule has 0 aliphatic rings. The number of amides is 1. The van der Waals surface area contributed by atoms with E-state index in [0.29, 0.717) is 10.4 Å². The lowest BCUT2D eigenvalue weighted by Gasteiger charge is -2.06. The molecule has 0 bridgehead atoms. The molecule has 1 N–H and O–H groups in total. The van der Waals surface area contributed by atoms with Gasteiger partial charge < -0.3 is 10.1 Å². The number of ether oxygens (including phenoxy) is 1. The summed E-state index contributed by atoms with van der Waals surface area (Å²) in [7, 11) is 1.19. The first kappa shape index (κ1) is 18.3. The molecule has 2 aromatic rings. The van der Waals surface area contributed by atoms with Gasteiger partial charge >= 0.3 is 12.1 Å². The van der Waals surface area contributed by atoms with Crippen LogP contribution in [0.1, 0.15) is 15.9 Å². The lowest BCUT2D eigenvalue weighted by atomic mass is 10.1. The Labute approximate surface area is 144 Å². The number of carbonyl (C=O) groups excluding carboxylic acids is 2. The monoisotopic (exact) mass is 377 g/mol. The fraction of sp³-hybridized carbons (Fsp3) is 0.200. The van der Waals surface area contributed by atoms with Crippen molar-refractivity contribution in [3.8, 4) is 10.4 Å². The number of nitrogens with one attached hydrogen (secondary N) is 1. The summed E-state index contributed by atoms with van der Waals surface area (Å²) < 4.78 is 42.5. The molecule has 0 spiro atoms. The average molecular weight is 378 g/mol. The van der Waals surface area contributed by atoms with Crippen molar-refractivity contribution in [1.82, 2.24) is 0 Å². The molecule has 1 aromatic heterocycles. The normalized spacial score (nSPS) is 11.2. The summed E-state index contributed by atoms with van der Waals surface area (Å²) in [6.07, 6.45) is -4.43. The SMILES string of the molecule is COC(=O)c1cc(-c2ccc(C(F)(F)F)cc2)sc1NC(=O)CCl. The smallest absolute Gasteiger partial charge is 0.416 e. The molecule has 128 valence electrons. The largest absolute Gasteiger partial charge is 0.465 e. The van der Waals surface area contributed by atoms with Crippen molar-refractivity contribution in [3.05, 3.63) is 41.5 Å². The molecule has 1 heterocycles. The molecular formula is C15H11ClF3NO3S. The van der Waals surface area contributed by atoms with Gasteiger partial charge in [0.2, 0.25) is 5.91 Å². The maximum Gasteiger partial charge on any atom is 0.416 e. The molecule has 4 nitrogen and oxygen atoms in total. The Balaban J connectivity index is 2.40. The zero-order valence-electron chi connectivity index (χ0n) is 12.2. The number of benzene rings is 1. The first-order valence-electron chi connectivity index (χ1n) is 6.52. The minimum Gasteiger partial charge on any atom is -0.465 e. The molecule has 0 unspecified atom stereocenters. The molecule has 0 aliphatic carbocycles.